The van der Waals surface area contributed by atoms with Crippen molar-refractivity contribution in [2.75, 3.05) is 12.9 Å². The Morgan fingerprint density at radius 2 is 1.65 bits per heavy atom. The monoisotopic (exact) mass is 467 g/mol. The molecule has 0 aliphatic carbocycles. The molecule has 0 saturated heterocycles. The zero-order valence-electron chi connectivity index (χ0n) is 15.8. The normalized spacial score (nSPS) is 14.7. The molecule has 0 amide bonds. The molecule has 26 heavy (non-hydrogen) atoms. The highest BCUT2D eigenvalue weighted by Gasteiger charge is 2.25. The molecule has 0 fully saturated rings. The van der Waals surface area contributed by atoms with Gasteiger partial charge in [-0.15, -0.1) is 0 Å². The number of rotatable bonds is 8. The van der Waals surface area contributed by atoms with E-state index in [0.29, 0.717) is 15.6 Å². The molecular weight excluding hydrogens is 442 g/mol. The maximum absolute atomic E-state index is 12.9. The lowest BCUT2D eigenvalue weighted by Gasteiger charge is -2.21. The minimum atomic E-state index is -3.75. The van der Waals surface area contributed by atoms with Crippen molar-refractivity contribution in [3.63, 3.8) is 0 Å². The van der Waals surface area contributed by atoms with E-state index in [9.17, 15) is 16.8 Å². The smallest absolute Gasteiger partial charge is 0.264 e. The van der Waals surface area contributed by atoms with Gasteiger partial charge >= 0.3 is 0 Å². The summed E-state index contributed by atoms with van der Waals surface area (Å²) in [5.74, 6) is -0.0541. The van der Waals surface area contributed by atoms with Gasteiger partial charge in [0, 0.05) is 10.5 Å². The highest BCUT2D eigenvalue weighted by molar-refractivity contribution is 9.11. The predicted octanol–water partition coefficient (Wildman–Crippen LogP) is 3.17. The number of nitrogens with one attached hydrogen (secondary N) is 1. The van der Waals surface area contributed by atoms with E-state index >= 15 is 0 Å². The van der Waals surface area contributed by atoms with Crippen LogP contribution in [0.1, 0.15) is 30.5 Å². The molecule has 0 saturated carbocycles. The lowest BCUT2D eigenvalue weighted by Crippen LogP contribution is -2.38. The first-order valence-corrected chi connectivity index (χ1v) is 12.1. The van der Waals surface area contributed by atoms with Crippen molar-refractivity contribution >= 4 is 36.1 Å². The maximum Gasteiger partial charge on any atom is 0.264 e. The Bertz CT molecular complexity index is 867. The van der Waals surface area contributed by atoms with Crippen molar-refractivity contribution in [2.24, 2.45) is 5.92 Å². The largest absolute Gasteiger partial charge is 0.265 e. The van der Waals surface area contributed by atoms with Crippen molar-refractivity contribution in [2.45, 2.75) is 45.6 Å². The first-order valence-electron chi connectivity index (χ1n) is 8.03. The number of hydrogen-bond donors (Lipinski definition) is 1. The second kappa shape index (κ2) is 8.97. The quantitative estimate of drug-likeness (QED) is 0.592. The van der Waals surface area contributed by atoms with Gasteiger partial charge in [-0.2, -0.15) is 8.42 Å². The predicted molar refractivity (Wildman–Crippen MR) is 107 cm³/mol. The highest BCUT2D eigenvalue weighted by Crippen LogP contribution is 2.23. The van der Waals surface area contributed by atoms with Crippen LogP contribution in [0.5, 0.6) is 0 Å². The molecule has 9 heteroatoms. The summed E-state index contributed by atoms with van der Waals surface area (Å²) in [5.41, 5.74) is 2.36. The van der Waals surface area contributed by atoms with E-state index in [2.05, 4.69) is 20.7 Å². The Morgan fingerprint density at radius 3 is 2.08 bits per heavy atom. The van der Waals surface area contributed by atoms with Crippen molar-refractivity contribution in [3.05, 3.63) is 39.4 Å². The van der Waals surface area contributed by atoms with Crippen molar-refractivity contribution in [3.8, 4) is 0 Å². The number of benzene rings is 1. The summed E-state index contributed by atoms with van der Waals surface area (Å²) >= 11 is 3.24. The minimum absolute atomic E-state index is 0.0541. The molecule has 1 rings (SSSR count). The molecule has 6 nitrogen and oxygen atoms in total. The molecule has 0 aliphatic heterocycles. The molecule has 1 atom stereocenters. The van der Waals surface area contributed by atoms with Crippen molar-refractivity contribution < 1.29 is 21.0 Å². The SMILES string of the molecule is Cc1cc(C)c(S(=O)(=O)N[C@H](/C=C(\Br)COS(C)(=O)=O)C(C)C)c(C)c1. The van der Waals surface area contributed by atoms with Crippen LogP contribution in [-0.2, 0) is 24.3 Å². The van der Waals surface area contributed by atoms with Crippen LogP contribution in [-0.4, -0.2) is 35.7 Å². The van der Waals surface area contributed by atoms with Gasteiger partial charge in [-0.05, 0) is 37.8 Å². The summed E-state index contributed by atoms with van der Waals surface area (Å²) in [5, 5.41) is 0. The van der Waals surface area contributed by atoms with Crippen LogP contribution in [0, 0.1) is 26.7 Å². The summed E-state index contributed by atoms with van der Waals surface area (Å²) in [4.78, 5) is 0.269. The van der Waals surface area contributed by atoms with Gasteiger partial charge in [-0.25, -0.2) is 13.1 Å². The summed E-state index contributed by atoms with van der Waals surface area (Å²) < 4.78 is 55.9. The van der Waals surface area contributed by atoms with Crippen molar-refractivity contribution in [1.82, 2.24) is 4.72 Å². The summed E-state index contributed by atoms with van der Waals surface area (Å²) in [7, 11) is -7.32. The fourth-order valence-electron chi connectivity index (χ4n) is 2.60. The average molecular weight is 468 g/mol. The third-order valence-corrected chi connectivity index (χ3v) is 6.46. The Hall–Kier alpha value is -0.740. The van der Waals surface area contributed by atoms with Crippen LogP contribution in [0.2, 0.25) is 0 Å². The molecule has 148 valence electrons. The zero-order valence-corrected chi connectivity index (χ0v) is 19.0. The number of aryl methyl sites for hydroxylation is 3. The molecule has 0 unspecified atom stereocenters. The van der Waals surface area contributed by atoms with Crippen LogP contribution in [0.25, 0.3) is 0 Å². The van der Waals surface area contributed by atoms with E-state index in [1.807, 2.05) is 32.9 Å². The summed E-state index contributed by atoms with van der Waals surface area (Å²) in [6, 6.07) is 3.13. The molecular formula is C17H26BrNO5S2. The van der Waals surface area contributed by atoms with E-state index in [-0.39, 0.29) is 17.4 Å². The molecule has 0 bridgehead atoms. The molecule has 1 aromatic carbocycles. The van der Waals surface area contributed by atoms with Crippen LogP contribution >= 0.6 is 15.9 Å². The fourth-order valence-corrected chi connectivity index (χ4v) is 5.27. The van der Waals surface area contributed by atoms with Gasteiger partial charge in [0.05, 0.1) is 17.8 Å². The van der Waals surface area contributed by atoms with Crippen LogP contribution in [0.15, 0.2) is 27.6 Å². The third kappa shape index (κ3) is 7.11. The van der Waals surface area contributed by atoms with Crippen LogP contribution < -0.4 is 4.72 Å². The Kier molecular flexibility index (Phi) is 8.04. The van der Waals surface area contributed by atoms with Gasteiger partial charge < -0.3 is 0 Å². The zero-order chi connectivity index (χ0) is 20.3. The highest BCUT2D eigenvalue weighted by atomic mass is 79.9. The van der Waals surface area contributed by atoms with E-state index < -0.39 is 26.2 Å². The second-order valence-electron chi connectivity index (χ2n) is 6.70. The first kappa shape index (κ1) is 23.3. The van der Waals surface area contributed by atoms with Gasteiger partial charge in [-0.3, -0.25) is 4.18 Å². The minimum Gasteiger partial charge on any atom is -0.265 e. The molecule has 0 aliphatic rings. The second-order valence-corrected chi connectivity index (χ2v) is 11.0. The molecule has 0 heterocycles. The van der Waals surface area contributed by atoms with Gasteiger partial charge in [0.2, 0.25) is 10.0 Å². The van der Waals surface area contributed by atoms with E-state index in [4.69, 9.17) is 4.18 Å². The molecule has 0 aromatic heterocycles. The first-order chi connectivity index (χ1) is 11.7. The van der Waals surface area contributed by atoms with Crippen LogP contribution in [0.3, 0.4) is 0 Å². The lowest BCUT2D eigenvalue weighted by molar-refractivity contribution is 0.358. The van der Waals surface area contributed by atoms with Crippen molar-refractivity contribution in [1.29, 1.82) is 0 Å². The van der Waals surface area contributed by atoms with Crippen LogP contribution in [0.4, 0.5) is 0 Å². The van der Waals surface area contributed by atoms with Gasteiger partial charge in [0.25, 0.3) is 10.1 Å². The van der Waals surface area contributed by atoms with E-state index in [1.165, 1.54) is 0 Å². The van der Waals surface area contributed by atoms with Gasteiger partial charge in [-0.1, -0.05) is 53.5 Å². The van der Waals surface area contributed by atoms with Gasteiger partial charge in [0.15, 0.2) is 0 Å². The average Bonchev–Trinajstić information content (AvgIpc) is 2.41. The lowest BCUT2D eigenvalue weighted by atomic mass is 10.1. The Labute approximate surface area is 165 Å². The Morgan fingerprint density at radius 1 is 1.15 bits per heavy atom. The summed E-state index contributed by atoms with van der Waals surface area (Å²) in [6.45, 7) is 9.01. The molecule has 1 N–H and O–H groups in total. The number of halogens is 1. The number of sulfonamides is 1. The third-order valence-electron chi connectivity index (χ3n) is 3.65. The molecule has 0 spiro atoms. The molecule has 1 aromatic rings. The molecule has 0 radical (unpaired) electrons. The Balaban J connectivity index is 3.14. The topological polar surface area (TPSA) is 89.5 Å². The van der Waals surface area contributed by atoms with E-state index in [1.54, 1.807) is 19.9 Å². The van der Waals surface area contributed by atoms with Gasteiger partial charge in [0.1, 0.15) is 0 Å². The maximum atomic E-state index is 12.9. The van der Waals surface area contributed by atoms with E-state index in [0.717, 1.165) is 11.8 Å². The fraction of sp³-hybridized carbons (Fsp3) is 0.529. The summed E-state index contributed by atoms with van der Waals surface area (Å²) in [6.07, 6.45) is 2.57. The standard InChI is InChI=1S/C17H26BrNO5S2/c1-11(2)16(9-15(18)10-24-25(6,20)21)19-26(22,23)17-13(4)7-12(3)8-14(17)5/h7-9,11,16,19H,10H2,1-6H3/b15-9-/t16-/m1/s1. The number of hydrogen-bond acceptors (Lipinski definition) is 5.